The van der Waals surface area contributed by atoms with Crippen LogP contribution in [0.3, 0.4) is 0 Å². The molecule has 0 aromatic carbocycles. The van der Waals surface area contributed by atoms with E-state index in [1.165, 1.54) is 11.3 Å². The normalized spacial score (nSPS) is 24.0. The number of thiophene rings is 1. The number of amides is 3. The van der Waals surface area contributed by atoms with Gasteiger partial charge in [-0.2, -0.15) is 0 Å². The van der Waals surface area contributed by atoms with Crippen LogP contribution in [0.15, 0.2) is 17.5 Å². The Bertz CT molecular complexity index is 631. The van der Waals surface area contributed by atoms with Crippen molar-refractivity contribution in [3.8, 4) is 0 Å². The molecule has 1 aromatic rings. The molecule has 2 aliphatic heterocycles. The zero-order valence-electron chi connectivity index (χ0n) is 13.7. The standard InChI is InChI=1S/C16H21N3O4S/c1-10(2)18-8-11(6-13(18)20)15(21)17-7-12-9-19(16(22)23-12)14-4-3-5-24-14/h3-5,10-12H,6-9H2,1-2H3,(H,17,21). The fraction of sp³-hybridized carbons (Fsp3) is 0.562. The van der Waals surface area contributed by atoms with E-state index in [4.69, 9.17) is 4.74 Å². The van der Waals surface area contributed by atoms with Crippen molar-refractivity contribution in [2.24, 2.45) is 5.92 Å². The zero-order valence-corrected chi connectivity index (χ0v) is 14.5. The monoisotopic (exact) mass is 351 g/mol. The van der Waals surface area contributed by atoms with Gasteiger partial charge >= 0.3 is 6.09 Å². The minimum Gasteiger partial charge on any atom is -0.442 e. The molecule has 2 unspecified atom stereocenters. The highest BCUT2D eigenvalue weighted by Gasteiger charge is 2.37. The molecule has 130 valence electrons. The second kappa shape index (κ2) is 6.80. The van der Waals surface area contributed by atoms with Gasteiger partial charge in [-0.25, -0.2) is 4.79 Å². The molecule has 3 amide bonds. The molecule has 1 N–H and O–H groups in total. The Morgan fingerprint density at radius 2 is 2.21 bits per heavy atom. The summed E-state index contributed by atoms with van der Waals surface area (Å²) in [5, 5.41) is 5.55. The van der Waals surface area contributed by atoms with Gasteiger partial charge < -0.3 is 15.0 Å². The summed E-state index contributed by atoms with van der Waals surface area (Å²) in [5.74, 6) is -0.469. The van der Waals surface area contributed by atoms with Crippen molar-refractivity contribution in [1.82, 2.24) is 10.2 Å². The van der Waals surface area contributed by atoms with E-state index >= 15 is 0 Å². The van der Waals surface area contributed by atoms with E-state index in [0.717, 1.165) is 5.00 Å². The maximum absolute atomic E-state index is 12.3. The van der Waals surface area contributed by atoms with Crippen molar-refractivity contribution in [2.45, 2.75) is 32.4 Å². The van der Waals surface area contributed by atoms with E-state index in [0.29, 0.717) is 13.1 Å². The quantitative estimate of drug-likeness (QED) is 0.871. The SMILES string of the molecule is CC(C)N1CC(C(=O)NCC2CN(c3cccs3)C(=O)O2)CC1=O. The number of nitrogens with one attached hydrogen (secondary N) is 1. The first-order valence-corrected chi connectivity index (χ1v) is 8.92. The van der Waals surface area contributed by atoms with Crippen molar-refractivity contribution in [1.29, 1.82) is 0 Å². The summed E-state index contributed by atoms with van der Waals surface area (Å²) in [6.45, 7) is 5.01. The summed E-state index contributed by atoms with van der Waals surface area (Å²) in [6.07, 6.45) is -0.518. The first-order valence-electron chi connectivity index (χ1n) is 8.04. The van der Waals surface area contributed by atoms with Gasteiger partial charge in [-0.1, -0.05) is 0 Å². The fourth-order valence-corrected chi connectivity index (χ4v) is 3.73. The summed E-state index contributed by atoms with van der Waals surface area (Å²) in [6, 6.07) is 3.84. The summed E-state index contributed by atoms with van der Waals surface area (Å²) >= 11 is 1.47. The minimum absolute atomic E-state index is 0.0151. The van der Waals surface area contributed by atoms with Crippen molar-refractivity contribution < 1.29 is 19.1 Å². The van der Waals surface area contributed by atoms with Crippen LogP contribution >= 0.6 is 11.3 Å². The molecule has 0 aliphatic carbocycles. The summed E-state index contributed by atoms with van der Waals surface area (Å²) in [7, 11) is 0. The lowest BCUT2D eigenvalue weighted by molar-refractivity contribution is -0.130. The van der Waals surface area contributed by atoms with Crippen LogP contribution in [0.25, 0.3) is 0 Å². The summed E-state index contributed by atoms with van der Waals surface area (Å²) in [5.41, 5.74) is 0. The Labute approximate surface area is 144 Å². The molecule has 8 heteroatoms. The predicted octanol–water partition coefficient (Wildman–Crippen LogP) is 1.45. The van der Waals surface area contributed by atoms with Crippen LogP contribution in [0.4, 0.5) is 9.80 Å². The molecule has 0 spiro atoms. The summed E-state index contributed by atoms with van der Waals surface area (Å²) < 4.78 is 5.29. The zero-order chi connectivity index (χ0) is 17.3. The number of ether oxygens (including phenoxy) is 1. The lowest BCUT2D eigenvalue weighted by Gasteiger charge is -2.20. The molecular weight excluding hydrogens is 330 g/mol. The lowest BCUT2D eigenvalue weighted by atomic mass is 10.1. The molecule has 2 fully saturated rings. The molecule has 7 nitrogen and oxygen atoms in total. The van der Waals surface area contributed by atoms with E-state index in [1.54, 1.807) is 9.80 Å². The number of carbonyl (C=O) groups excluding carboxylic acids is 3. The molecule has 0 bridgehead atoms. The largest absolute Gasteiger partial charge is 0.442 e. The third-order valence-electron chi connectivity index (χ3n) is 4.30. The number of nitrogens with zero attached hydrogens (tertiary/aromatic N) is 2. The van der Waals surface area contributed by atoms with Gasteiger partial charge in [-0.05, 0) is 31.4 Å². The van der Waals surface area contributed by atoms with E-state index in [2.05, 4.69) is 5.32 Å². The van der Waals surface area contributed by atoms with Crippen LogP contribution in [-0.4, -0.2) is 54.6 Å². The maximum Gasteiger partial charge on any atom is 0.415 e. The average molecular weight is 351 g/mol. The second-order valence-corrected chi connectivity index (χ2v) is 7.28. The number of hydrogen-bond acceptors (Lipinski definition) is 5. The number of anilines is 1. The second-order valence-electron chi connectivity index (χ2n) is 6.35. The van der Waals surface area contributed by atoms with Gasteiger partial charge in [0.1, 0.15) is 11.1 Å². The van der Waals surface area contributed by atoms with Crippen LogP contribution < -0.4 is 10.2 Å². The Morgan fingerprint density at radius 3 is 2.83 bits per heavy atom. The molecule has 0 radical (unpaired) electrons. The molecular formula is C16H21N3O4S. The number of likely N-dealkylation sites (tertiary alicyclic amines) is 1. The van der Waals surface area contributed by atoms with Gasteiger partial charge in [-0.3, -0.25) is 14.5 Å². The molecule has 3 heterocycles. The first kappa shape index (κ1) is 16.8. The van der Waals surface area contributed by atoms with Crippen LogP contribution in [-0.2, 0) is 14.3 Å². The van der Waals surface area contributed by atoms with Crippen molar-refractivity contribution in [3.05, 3.63) is 17.5 Å². The topological polar surface area (TPSA) is 79.0 Å². The Kier molecular flexibility index (Phi) is 4.75. The van der Waals surface area contributed by atoms with Gasteiger partial charge in [-0.15, -0.1) is 11.3 Å². The highest BCUT2D eigenvalue weighted by atomic mass is 32.1. The van der Waals surface area contributed by atoms with Crippen LogP contribution in [0.2, 0.25) is 0 Å². The van der Waals surface area contributed by atoms with Gasteiger partial charge in [0.05, 0.1) is 19.0 Å². The molecule has 1 aromatic heterocycles. The van der Waals surface area contributed by atoms with Gasteiger partial charge in [0, 0.05) is 19.0 Å². The smallest absolute Gasteiger partial charge is 0.415 e. The Balaban J connectivity index is 1.49. The van der Waals surface area contributed by atoms with E-state index < -0.39 is 6.09 Å². The highest BCUT2D eigenvalue weighted by molar-refractivity contribution is 7.14. The predicted molar refractivity (Wildman–Crippen MR) is 89.9 cm³/mol. The van der Waals surface area contributed by atoms with Gasteiger partial charge in [0.2, 0.25) is 11.8 Å². The maximum atomic E-state index is 12.3. The third-order valence-corrected chi connectivity index (χ3v) is 5.19. The number of rotatable bonds is 5. The van der Waals surface area contributed by atoms with Crippen LogP contribution in [0, 0.1) is 5.92 Å². The molecule has 2 saturated heterocycles. The highest BCUT2D eigenvalue weighted by Crippen LogP contribution is 2.26. The van der Waals surface area contributed by atoms with Crippen LogP contribution in [0.1, 0.15) is 20.3 Å². The Hall–Kier alpha value is -2.09. The average Bonchev–Trinajstić information content (AvgIpc) is 3.24. The first-order chi connectivity index (χ1) is 11.5. The fourth-order valence-electron chi connectivity index (χ4n) is 3.00. The van der Waals surface area contributed by atoms with E-state index in [9.17, 15) is 14.4 Å². The number of cyclic esters (lactones) is 1. The Morgan fingerprint density at radius 1 is 1.42 bits per heavy atom. The van der Waals surface area contributed by atoms with E-state index in [1.807, 2.05) is 31.4 Å². The van der Waals surface area contributed by atoms with Crippen molar-refractivity contribution in [3.63, 3.8) is 0 Å². The van der Waals surface area contributed by atoms with Crippen LogP contribution in [0.5, 0.6) is 0 Å². The number of hydrogen-bond donors (Lipinski definition) is 1. The van der Waals surface area contributed by atoms with Crippen molar-refractivity contribution in [2.75, 3.05) is 24.5 Å². The van der Waals surface area contributed by atoms with Crippen molar-refractivity contribution >= 4 is 34.2 Å². The molecule has 2 aliphatic rings. The molecule has 24 heavy (non-hydrogen) atoms. The number of carbonyl (C=O) groups is 3. The molecule has 2 atom stereocenters. The van der Waals surface area contributed by atoms with Gasteiger partial charge in [0.15, 0.2) is 0 Å². The minimum atomic E-state index is -0.390. The third kappa shape index (κ3) is 3.38. The lowest BCUT2D eigenvalue weighted by Crippen LogP contribution is -2.39. The molecule has 0 saturated carbocycles. The van der Waals surface area contributed by atoms with Gasteiger partial charge in [0.25, 0.3) is 0 Å². The summed E-state index contributed by atoms with van der Waals surface area (Å²) in [4.78, 5) is 39.3. The van der Waals surface area contributed by atoms with E-state index in [-0.39, 0.29) is 42.8 Å². The molecule has 3 rings (SSSR count).